The molecule has 0 fully saturated rings. The first-order valence-electron chi connectivity index (χ1n) is 8.79. The largest absolute Gasteiger partial charge is 0.289 e. The first kappa shape index (κ1) is 14.0. The topological polar surface area (TPSA) is 3.24 Å². The molecule has 2 bridgehead atoms. The first-order valence-corrected chi connectivity index (χ1v) is 8.79. The highest BCUT2D eigenvalue weighted by atomic mass is 15.2. The van der Waals surface area contributed by atoms with E-state index in [-0.39, 0.29) is 5.54 Å². The Morgan fingerprint density at radius 2 is 1.08 bits per heavy atom. The molecule has 0 atom stereocenters. The van der Waals surface area contributed by atoms with Gasteiger partial charge in [0, 0.05) is 5.92 Å². The van der Waals surface area contributed by atoms with E-state index < -0.39 is 0 Å². The van der Waals surface area contributed by atoms with Crippen LogP contribution in [-0.4, -0.2) is 18.5 Å². The molecule has 0 aliphatic heterocycles. The summed E-state index contributed by atoms with van der Waals surface area (Å²) in [5.74, 6) is 0.362. The lowest BCUT2D eigenvalue weighted by Gasteiger charge is -2.54. The minimum absolute atomic E-state index is 0.173. The molecule has 3 aliphatic rings. The minimum Gasteiger partial charge on any atom is -0.289 e. The van der Waals surface area contributed by atoms with Crippen LogP contribution in [0.15, 0.2) is 72.8 Å². The lowest BCUT2D eigenvalue weighted by Crippen LogP contribution is -2.52. The zero-order valence-electron chi connectivity index (χ0n) is 14.2. The van der Waals surface area contributed by atoms with Crippen molar-refractivity contribution < 1.29 is 0 Å². The van der Waals surface area contributed by atoms with Gasteiger partial charge in [0.25, 0.3) is 0 Å². The Labute approximate surface area is 143 Å². The van der Waals surface area contributed by atoms with Crippen LogP contribution in [0.4, 0.5) is 0 Å². The smallest absolute Gasteiger partial charge is 0.0979 e. The van der Waals surface area contributed by atoms with E-state index >= 15 is 0 Å². The van der Waals surface area contributed by atoms with E-state index in [0.29, 0.717) is 5.92 Å². The monoisotopic (exact) mass is 311 g/mol. The number of hydrogen-bond donors (Lipinski definition) is 0. The Bertz CT molecular complexity index is 824. The van der Waals surface area contributed by atoms with Gasteiger partial charge in [0.05, 0.1) is 5.54 Å². The van der Waals surface area contributed by atoms with Gasteiger partial charge in [0.1, 0.15) is 0 Å². The molecule has 118 valence electrons. The molecule has 3 aromatic rings. The minimum atomic E-state index is -0.173. The van der Waals surface area contributed by atoms with Crippen LogP contribution in [0.5, 0.6) is 0 Å². The van der Waals surface area contributed by atoms with E-state index in [1.165, 1.54) is 33.4 Å². The summed E-state index contributed by atoms with van der Waals surface area (Å²) in [5.41, 5.74) is 8.60. The Hall–Kier alpha value is -2.38. The molecule has 0 aromatic heterocycles. The zero-order chi connectivity index (χ0) is 16.3. The molecule has 0 spiro atoms. The van der Waals surface area contributed by atoms with Crippen LogP contribution >= 0.6 is 0 Å². The third kappa shape index (κ3) is 1.44. The normalized spacial score (nSPS) is 22.9. The van der Waals surface area contributed by atoms with Gasteiger partial charge in [0.15, 0.2) is 0 Å². The molecule has 3 aromatic carbocycles. The summed E-state index contributed by atoms with van der Waals surface area (Å²) in [5, 5.41) is 0. The maximum Gasteiger partial charge on any atom is 0.0979 e. The molecule has 0 radical (unpaired) electrons. The Morgan fingerprint density at radius 3 is 1.46 bits per heavy atom. The average molecular weight is 311 g/mol. The predicted octanol–water partition coefficient (Wildman–Crippen LogP) is 4.74. The van der Waals surface area contributed by atoms with Gasteiger partial charge in [-0.05, 0) is 47.0 Å². The fraction of sp³-hybridized carbons (Fsp3) is 0.217. The summed E-state index contributed by atoms with van der Waals surface area (Å²) < 4.78 is 0. The molecule has 0 N–H and O–H groups in total. The molecule has 1 heteroatoms. The summed E-state index contributed by atoms with van der Waals surface area (Å²) in [4.78, 5) is 2.51. The van der Waals surface area contributed by atoms with Crippen molar-refractivity contribution >= 4 is 0 Å². The van der Waals surface area contributed by atoms with E-state index in [0.717, 1.165) is 6.54 Å². The highest BCUT2D eigenvalue weighted by Crippen LogP contribution is 2.59. The maximum atomic E-state index is 2.51. The van der Waals surface area contributed by atoms with Gasteiger partial charge in [0.2, 0.25) is 0 Å². The Morgan fingerprint density at radius 1 is 0.708 bits per heavy atom. The maximum absolute atomic E-state index is 2.51. The Kier molecular flexibility index (Phi) is 2.81. The lowest BCUT2D eigenvalue weighted by atomic mass is 9.56. The molecule has 0 saturated heterocycles. The highest BCUT2D eigenvalue weighted by Gasteiger charge is 2.53. The SMILES string of the molecule is CCN(C)C12c3ccccc3C(c3ccccc31)c1ccccc12. The summed E-state index contributed by atoms with van der Waals surface area (Å²) >= 11 is 0. The zero-order valence-corrected chi connectivity index (χ0v) is 14.2. The van der Waals surface area contributed by atoms with E-state index in [2.05, 4.69) is 91.7 Å². The summed E-state index contributed by atoms with van der Waals surface area (Å²) in [6.07, 6.45) is 0. The van der Waals surface area contributed by atoms with Crippen LogP contribution in [0, 0.1) is 0 Å². The van der Waals surface area contributed by atoms with Gasteiger partial charge in [-0.15, -0.1) is 0 Å². The van der Waals surface area contributed by atoms with Gasteiger partial charge in [-0.1, -0.05) is 79.7 Å². The third-order valence-electron chi connectivity index (χ3n) is 6.03. The summed E-state index contributed by atoms with van der Waals surface area (Å²) in [7, 11) is 2.26. The van der Waals surface area contributed by atoms with Crippen molar-refractivity contribution in [2.24, 2.45) is 0 Å². The molecular formula is C23H21N. The van der Waals surface area contributed by atoms with Crippen molar-refractivity contribution in [2.75, 3.05) is 13.6 Å². The molecule has 1 nitrogen and oxygen atoms in total. The lowest BCUT2D eigenvalue weighted by molar-refractivity contribution is 0.196. The van der Waals surface area contributed by atoms with E-state index in [9.17, 15) is 0 Å². The van der Waals surface area contributed by atoms with Crippen LogP contribution in [-0.2, 0) is 5.54 Å². The quantitative estimate of drug-likeness (QED) is 0.661. The van der Waals surface area contributed by atoms with E-state index in [4.69, 9.17) is 0 Å². The molecule has 0 unspecified atom stereocenters. The Balaban J connectivity index is 2.00. The van der Waals surface area contributed by atoms with E-state index in [1.54, 1.807) is 0 Å². The molecular weight excluding hydrogens is 290 g/mol. The van der Waals surface area contributed by atoms with Crippen molar-refractivity contribution in [3.05, 3.63) is 106 Å². The first-order chi connectivity index (χ1) is 11.8. The number of nitrogens with zero attached hydrogens (tertiary/aromatic N) is 1. The molecule has 0 heterocycles. The van der Waals surface area contributed by atoms with Crippen LogP contribution < -0.4 is 0 Å². The molecule has 3 aliphatic carbocycles. The van der Waals surface area contributed by atoms with E-state index in [1.807, 2.05) is 0 Å². The second-order valence-corrected chi connectivity index (χ2v) is 6.92. The van der Waals surface area contributed by atoms with Crippen molar-refractivity contribution in [3.63, 3.8) is 0 Å². The van der Waals surface area contributed by atoms with Gasteiger partial charge < -0.3 is 0 Å². The van der Waals surface area contributed by atoms with Crippen LogP contribution in [0.2, 0.25) is 0 Å². The summed E-state index contributed by atoms with van der Waals surface area (Å²) in [6.45, 7) is 3.25. The van der Waals surface area contributed by atoms with Crippen LogP contribution in [0.3, 0.4) is 0 Å². The van der Waals surface area contributed by atoms with Crippen molar-refractivity contribution in [2.45, 2.75) is 18.4 Å². The third-order valence-corrected chi connectivity index (χ3v) is 6.03. The molecule has 6 rings (SSSR count). The average Bonchev–Trinajstić information content (AvgIpc) is 2.67. The van der Waals surface area contributed by atoms with Gasteiger partial charge in [-0.2, -0.15) is 0 Å². The van der Waals surface area contributed by atoms with Crippen molar-refractivity contribution in [1.29, 1.82) is 0 Å². The van der Waals surface area contributed by atoms with Gasteiger partial charge in [-0.3, -0.25) is 4.90 Å². The second-order valence-electron chi connectivity index (χ2n) is 6.92. The highest BCUT2D eigenvalue weighted by molar-refractivity contribution is 5.71. The van der Waals surface area contributed by atoms with Gasteiger partial charge >= 0.3 is 0 Å². The number of hydrogen-bond acceptors (Lipinski definition) is 1. The standard InChI is InChI=1S/C23H21N/c1-3-24(2)23-19-13-7-4-10-16(19)22(17-11-5-8-14-20(17)23)18-12-6-9-15-21(18)23/h4-15,22H,3H2,1-2H3. The predicted molar refractivity (Wildman–Crippen MR) is 98.5 cm³/mol. The van der Waals surface area contributed by atoms with Gasteiger partial charge in [-0.25, -0.2) is 0 Å². The van der Waals surface area contributed by atoms with Crippen LogP contribution in [0.25, 0.3) is 0 Å². The number of benzene rings is 3. The second kappa shape index (κ2) is 4.81. The summed E-state index contributed by atoms with van der Waals surface area (Å²) in [6, 6.07) is 27.1. The fourth-order valence-corrected chi connectivity index (χ4v) is 5.03. The number of rotatable bonds is 2. The fourth-order valence-electron chi connectivity index (χ4n) is 5.03. The van der Waals surface area contributed by atoms with Crippen LogP contribution in [0.1, 0.15) is 46.2 Å². The van der Waals surface area contributed by atoms with Crippen molar-refractivity contribution in [3.8, 4) is 0 Å². The van der Waals surface area contributed by atoms with Crippen molar-refractivity contribution in [1.82, 2.24) is 4.90 Å². The molecule has 0 saturated carbocycles. The molecule has 0 amide bonds. The molecule has 24 heavy (non-hydrogen) atoms.